The summed E-state index contributed by atoms with van der Waals surface area (Å²) in [5.74, 6) is 2.45. The maximum Gasteiger partial charge on any atom is 0.498 e. The van der Waals surface area contributed by atoms with E-state index in [1.807, 2.05) is 270 Å². The van der Waals surface area contributed by atoms with Crippen molar-refractivity contribution >= 4 is 90.2 Å². The van der Waals surface area contributed by atoms with Crippen LogP contribution in [0.5, 0.6) is 0 Å². The fourth-order valence-corrected chi connectivity index (χ4v) is 13.0. The number of para-hydroxylation sites is 4. The lowest BCUT2D eigenvalue weighted by Gasteiger charge is -2.32. The second-order valence-electron chi connectivity index (χ2n) is 25.8. The summed E-state index contributed by atoms with van der Waals surface area (Å²) in [5, 5.41) is 11.6. The maximum atomic E-state index is 11.3. The van der Waals surface area contributed by atoms with Gasteiger partial charge < -0.3 is 27.0 Å². The molecule has 512 valence electrons. The molecule has 0 N–H and O–H groups in total. The molecule has 15 nitrogen and oxygen atoms in total. The van der Waals surface area contributed by atoms with Crippen LogP contribution < -0.4 is 5.46 Å². The van der Waals surface area contributed by atoms with Crippen molar-refractivity contribution in [3.8, 4) is 90.6 Å². The van der Waals surface area contributed by atoms with E-state index >= 15 is 0 Å². The Morgan fingerprint density at radius 3 is 1.26 bits per heavy atom. The molecule has 1 aliphatic carbocycles. The fourth-order valence-electron chi connectivity index (χ4n) is 12.4. The maximum absolute atomic E-state index is 11.3. The van der Waals surface area contributed by atoms with E-state index in [0.717, 1.165) is 94.4 Å². The first kappa shape index (κ1) is 68.5. The van der Waals surface area contributed by atoms with Gasteiger partial charge in [-0.1, -0.05) is 206 Å². The van der Waals surface area contributed by atoms with Gasteiger partial charge in [0.2, 0.25) is 28.8 Å². The zero-order valence-electron chi connectivity index (χ0n) is 57.3. The van der Waals surface area contributed by atoms with Gasteiger partial charge in [0.15, 0.2) is 22.3 Å². The van der Waals surface area contributed by atoms with E-state index < -0.39 is 7.12 Å². The lowest BCUT2D eigenvalue weighted by molar-refractivity contribution is -0.384. The highest BCUT2D eigenvalue weighted by molar-refractivity contribution is 9.10. The lowest BCUT2D eigenvalue weighted by Crippen LogP contribution is -2.41. The van der Waals surface area contributed by atoms with Gasteiger partial charge in [0, 0.05) is 56.0 Å². The predicted molar refractivity (Wildman–Crippen MR) is 419 cm³/mol. The van der Waals surface area contributed by atoms with Crippen LogP contribution in [0.25, 0.3) is 135 Å². The van der Waals surface area contributed by atoms with Crippen molar-refractivity contribution < 1.29 is 31.9 Å². The zero-order chi connectivity index (χ0) is 72.0. The van der Waals surface area contributed by atoms with Gasteiger partial charge in [-0.25, -0.2) is 29.9 Å². The van der Waals surface area contributed by atoms with Crippen molar-refractivity contribution in [3.63, 3.8) is 0 Å². The molecule has 0 atom stereocenters. The van der Waals surface area contributed by atoms with Gasteiger partial charge in [-0.05, 0) is 169 Å². The van der Waals surface area contributed by atoms with Crippen molar-refractivity contribution in [1.82, 2.24) is 29.9 Å². The summed E-state index contributed by atoms with van der Waals surface area (Å²) in [5.41, 5.74) is 20.3. The number of aromatic nitrogens is 6. The lowest BCUT2D eigenvalue weighted by atomic mass is 9.78. The Balaban J connectivity index is 0.000000106. The largest absolute Gasteiger partial charge is 0.498 e. The standard InChI is InChI=1S/C20H13NO.C19H20BNO3.C19H12N2O3.C16H11ClN2.C13H8BrNO/c1-2-6-13(7-3-1)20-21-17-11-10-15-12-14-8-4-5-9-16(14)18(15)19(17)22-20;1-18(2)19(3,4)24-20(23-18)14-11-8-12-15-16(14)22-17(21-15)13-9-6-5-7-10-13;22-21(23)17-12-5-4-9-14(17)15-10-6-11-16-18(15)24-19(20-16)13-7-2-1-3-8-13;17-16-18-14(12-7-3-1-4-8-12)11-15(19-16)13-9-5-2-6-10-13;14-10-7-4-8-11-12(10)16-13(15-11)9-5-2-1-3-6-9/h1-11H,12H2;5-12H,1-4H3;1-12H;1-11H;1-8H. The van der Waals surface area contributed by atoms with Crippen LogP contribution in [0.3, 0.4) is 0 Å². The summed E-state index contributed by atoms with van der Waals surface area (Å²) >= 11 is 9.48. The van der Waals surface area contributed by atoms with E-state index in [1.165, 1.54) is 28.3 Å². The molecule has 6 heterocycles. The topological polar surface area (TPSA) is 191 Å². The Kier molecular flexibility index (Phi) is 19.6. The SMILES string of the molecule is Brc1cccc2nc(-c3ccccc3)oc12.CC1(C)OB(c2cccc3nc(-c4ccccc4)oc23)OC1(C)C.Clc1nc(-c2ccccc2)cc(-c2ccccc2)n1.O=[N+]([O-])c1ccccc1-c1cccc2nc(-c3ccccc3)oc12.c1ccc(-c2nc3ccc4c(c3o2)-c2ccccc2C4)cc1. The van der Waals surface area contributed by atoms with Crippen LogP contribution in [0.1, 0.15) is 38.8 Å². The van der Waals surface area contributed by atoms with E-state index in [2.05, 4.69) is 82.2 Å². The minimum absolute atomic E-state index is 0.0441. The van der Waals surface area contributed by atoms with E-state index in [0.29, 0.717) is 45.8 Å². The monoisotopic (exact) mass is 1460 g/mol. The first-order valence-corrected chi connectivity index (χ1v) is 35.2. The Hall–Kier alpha value is -12.2. The molecule has 0 amide bonds. The average molecular weight is 1460 g/mol. The molecule has 5 aromatic heterocycles. The molecule has 1 aliphatic heterocycles. The molecule has 1 fully saturated rings. The number of oxazole rings is 4. The first-order valence-electron chi connectivity index (χ1n) is 34.0. The Labute approximate surface area is 618 Å². The summed E-state index contributed by atoms with van der Waals surface area (Å²) in [6.07, 6.45) is 0.975. The van der Waals surface area contributed by atoms with Gasteiger partial charge in [-0.3, -0.25) is 10.1 Å². The number of hydrogen-bond donors (Lipinski definition) is 0. The number of halogens is 2. The van der Waals surface area contributed by atoms with Crippen molar-refractivity contribution in [2.24, 2.45) is 0 Å². The van der Waals surface area contributed by atoms with Gasteiger partial charge >= 0.3 is 7.12 Å². The van der Waals surface area contributed by atoms with Crippen LogP contribution in [0.15, 0.2) is 325 Å². The minimum atomic E-state index is -0.463. The smallest absolute Gasteiger partial charge is 0.436 e. The Morgan fingerprint density at radius 2 is 0.762 bits per heavy atom. The highest BCUT2D eigenvalue weighted by Gasteiger charge is 2.52. The molecule has 19 rings (SSSR count). The van der Waals surface area contributed by atoms with Crippen molar-refractivity contribution in [3.05, 3.63) is 334 Å². The molecule has 18 heteroatoms. The minimum Gasteiger partial charge on any atom is -0.436 e. The number of rotatable bonds is 9. The third-order valence-electron chi connectivity index (χ3n) is 18.4. The van der Waals surface area contributed by atoms with Crippen LogP contribution in [0, 0.1) is 10.1 Å². The molecule has 1 saturated heterocycles. The molecule has 0 radical (unpaired) electrons. The quantitative estimate of drug-likeness (QED) is 0.0574. The van der Waals surface area contributed by atoms with Gasteiger partial charge in [-0.2, -0.15) is 0 Å². The normalized spacial score (nSPS) is 13.0. The molecule has 12 aromatic carbocycles. The van der Waals surface area contributed by atoms with Crippen molar-refractivity contribution in [2.45, 2.75) is 45.3 Å². The second-order valence-corrected chi connectivity index (χ2v) is 27.0. The predicted octanol–water partition coefficient (Wildman–Crippen LogP) is 22.7. The molecule has 17 aromatic rings. The number of nitro groups is 1. The molecule has 0 unspecified atom stereocenters. The van der Waals surface area contributed by atoms with Crippen LogP contribution in [-0.4, -0.2) is 53.1 Å². The number of fused-ring (bicyclic) bond motifs is 8. The summed E-state index contributed by atoms with van der Waals surface area (Å²) in [7, 11) is -0.463. The molecule has 105 heavy (non-hydrogen) atoms. The zero-order valence-corrected chi connectivity index (χ0v) is 59.6. The third-order valence-corrected chi connectivity index (χ3v) is 19.2. The third kappa shape index (κ3) is 14.8. The van der Waals surface area contributed by atoms with Crippen LogP contribution in [0.2, 0.25) is 5.28 Å². The number of hydrogen-bond acceptors (Lipinski definition) is 14. The van der Waals surface area contributed by atoms with E-state index in [-0.39, 0.29) is 27.1 Å². The number of benzene rings is 12. The van der Waals surface area contributed by atoms with Crippen molar-refractivity contribution in [1.29, 1.82) is 0 Å². The average Bonchev–Trinajstić information content (AvgIpc) is 1.62. The molecular formula is C87H64BBrClN7O8. The van der Waals surface area contributed by atoms with Crippen LogP contribution in [-0.2, 0) is 15.7 Å². The van der Waals surface area contributed by atoms with E-state index in [1.54, 1.807) is 18.2 Å². The molecule has 0 bridgehead atoms. The Morgan fingerprint density at radius 1 is 0.381 bits per heavy atom. The molecule has 0 saturated carbocycles. The molecule has 0 spiro atoms. The van der Waals surface area contributed by atoms with Gasteiger partial charge in [-0.15, -0.1) is 0 Å². The van der Waals surface area contributed by atoms with Gasteiger partial charge in [0.1, 0.15) is 22.1 Å². The number of nitrogens with zero attached hydrogens (tertiary/aromatic N) is 7. The van der Waals surface area contributed by atoms with Crippen LogP contribution >= 0.6 is 27.5 Å². The summed E-state index contributed by atoms with van der Waals surface area (Å²) in [4.78, 5) is 37.7. The second kappa shape index (κ2) is 30.0. The van der Waals surface area contributed by atoms with E-state index in [4.69, 9.17) is 38.6 Å². The summed E-state index contributed by atoms with van der Waals surface area (Å²) in [6.45, 7) is 8.18. The fraction of sp³-hybridized carbons (Fsp3) is 0.0805. The number of nitro benzene ring substituents is 1. The highest BCUT2D eigenvalue weighted by atomic mass is 79.9. The van der Waals surface area contributed by atoms with Gasteiger partial charge in [0.05, 0.1) is 37.5 Å². The van der Waals surface area contributed by atoms with Gasteiger partial charge in [0.25, 0.3) is 5.69 Å². The summed E-state index contributed by atoms with van der Waals surface area (Å²) < 4.78 is 37.1. The van der Waals surface area contributed by atoms with Crippen LogP contribution in [0.4, 0.5) is 5.69 Å². The highest BCUT2D eigenvalue weighted by Crippen LogP contribution is 2.44. The molecule has 2 aliphatic rings. The summed E-state index contributed by atoms with van der Waals surface area (Å²) in [6, 6.07) is 97.9. The van der Waals surface area contributed by atoms with Crippen molar-refractivity contribution in [2.75, 3.05) is 0 Å². The molecular weight excluding hydrogens is 1400 g/mol. The van der Waals surface area contributed by atoms with E-state index in [9.17, 15) is 10.1 Å². The first-order chi connectivity index (χ1) is 51.2. The Bertz CT molecular complexity index is 5850.